The lowest BCUT2D eigenvalue weighted by Crippen LogP contribution is -2.30. The Hall–Kier alpha value is -1.93. The molecule has 0 aliphatic carbocycles. The number of carbonyl (C=O) groups excluding carboxylic acids is 1. The molecule has 4 nitrogen and oxygen atoms in total. The number of carbonyl (C=O) groups is 1. The minimum Gasteiger partial charge on any atom is -0.354 e. The fraction of sp³-hybridized carbons (Fsp3) is 0.333. The Bertz CT molecular complexity index is 481. The maximum absolute atomic E-state index is 13.7. The van der Waals surface area contributed by atoms with Crippen molar-refractivity contribution in [3.05, 3.63) is 35.1 Å². The van der Waals surface area contributed by atoms with Crippen LogP contribution >= 0.6 is 0 Å². The fourth-order valence-corrected chi connectivity index (χ4v) is 1.81. The van der Waals surface area contributed by atoms with E-state index in [0.717, 1.165) is 0 Å². The van der Waals surface area contributed by atoms with Crippen molar-refractivity contribution in [1.82, 2.24) is 10.6 Å². The summed E-state index contributed by atoms with van der Waals surface area (Å²) in [4.78, 5) is 11.0. The van der Waals surface area contributed by atoms with Crippen LogP contribution in [0.5, 0.6) is 0 Å². The Kier molecular flexibility index (Phi) is 3.35. The van der Waals surface area contributed by atoms with Gasteiger partial charge in [-0.1, -0.05) is 12.1 Å². The molecule has 5 heteroatoms. The van der Waals surface area contributed by atoms with Crippen molar-refractivity contribution in [2.24, 2.45) is 0 Å². The summed E-state index contributed by atoms with van der Waals surface area (Å²) in [5.74, 6) is -0.478. The zero-order chi connectivity index (χ0) is 12.3. The summed E-state index contributed by atoms with van der Waals surface area (Å²) in [6.07, 6.45) is 0.416. The molecule has 0 aromatic heterocycles. The Labute approximate surface area is 98.4 Å². The molecule has 2 rings (SSSR count). The molecular weight excluding hydrogens is 221 g/mol. The summed E-state index contributed by atoms with van der Waals surface area (Å²) < 4.78 is 13.7. The van der Waals surface area contributed by atoms with Crippen LogP contribution in [0, 0.1) is 17.1 Å². The van der Waals surface area contributed by atoms with Crippen LogP contribution in [0.4, 0.5) is 4.39 Å². The van der Waals surface area contributed by atoms with Gasteiger partial charge in [0.25, 0.3) is 0 Å². The molecule has 0 saturated carbocycles. The molecule has 0 spiro atoms. The van der Waals surface area contributed by atoms with E-state index in [-0.39, 0.29) is 17.5 Å². The van der Waals surface area contributed by atoms with Crippen molar-refractivity contribution in [3.63, 3.8) is 0 Å². The molecule has 2 N–H and O–H groups in total. The second kappa shape index (κ2) is 4.93. The van der Waals surface area contributed by atoms with E-state index in [4.69, 9.17) is 5.26 Å². The Morgan fingerprint density at radius 3 is 3.06 bits per heavy atom. The number of benzene rings is 1. The predicted octanol–water partition coefficient (Wildman–Crippen LogP) is 0.675. The van der Waals surface area contributed by atoms with Crippen LogP contribution in [0.3, 0.4) is 0 Å². The smallest absolute Gasteiger partial charge is 0.221 e. The van der Waals surface area contributed by atoms with Gasteiger partial charge in [-0.15, -0.1) is 0 Å². The van der Waals surface area contributed by atoms with Gasteiger partial charge in [-0.2, -0.15) is 5.26 Å². The number of halogens is 1. The normalized spacial score (nSPS) is 18.8. The van der Waals surface area contributed by atoms with Gasteiger partial charge in [0.15, 0.2) is 0 Å². The minimum atomic E-state index is -0.486. The van der Waals surface area contributed by atoms with Gasteiger partial charge in [-0.05, 0) is 6.07 Å². The summed E-state index contributed by atoms with van der Waals surface area (Å²) in [5, 5.41) is 14.5. The monoisotopic (exact) mass is 233 g/mol. The van der Waals surface area contributed by atoms with Crippen LogP contribution in [0.15, 0.2) is 18.2 Å². The molecule has 1 saturated heterocycles. The van der Waals surface area contributed by atoms with Crippen LogP contribution in [-0.4, -0.2) is 18.5 Å². The molecule has 1 aliphatic rings. The molecule has 17 heavy (non-hydrogen) atoms. The van der Waals surface area contributed by atoms with Crippen molar-refractivity contribution in [2.75, 3.05) is 6.54 Å². The third kappa shape index (κ3) is 2.60. The van der Waals surface area contributed by atoms with E-state index in [1.54, 1.807) is 18.2 Å². The Morgan fingerprint density at radius 1 is 1.59 bits per heavy atom. The molecule has 1 heterocycles. The molecule has 0 radical (unpaired) electrons. The van der Waals surface area contributed by atoms with Crippen molar-refractivity contribution in [3.8, 4) is 6.07 Å². The highest BCUT2D eigenvalue weighted by Gasteiger charge is 2.21. The quantitative estimate of drug-likeness (QED) is 0.806. The average molecular weight is 233 g/mol. The first-order valence-corrected chi connectivity index (χ1v) is 5.38. The van der Waals surface area contributed by atoms with Crippen molar-refractivity contribution in [2.45, 2.75) is 19.0 Å². The molecular formula is C12H12FN3O. The van der Waals surface area contributed by atoms with E-state index < -0.39 is 5.82 Å². The molecule has 1 atom stereocenters. The third-order valence-electron chi connectivity index (χ3n) is 2.76. The molecule has 1 aromatic rings. The zero-order valence-corrected chi connectivity index (χ0v) is 9.16. The molecule has 1 amide bonds. The van der Waals surface area contributed by atoms with Gasteiger partial charge in [0, 0.05) is 31.1 Å². The molecule has 1 unspecified atom stereocenters. The second-order valence-electron chi connectivity index (χ2n) is 3.98. The van der Waals surface area contributed by atoms with Crippen LogP contribution in [-0.2, 0) is 11.3 Å². The van der Waals surface area contributed by atoms with Crippen molar-refractivity contribution in [1.29, 1.82) is 5.26 Å². The maximum Gasteiger partial charge on any atom is 0.221 e. The predicted molar refractivity (Wildman–Crippen MR) is 59.4 cm³/mol. The van der Waals surface area contributed by atoms with E-state index in [1.807, 2.05) is 0 Å². The van der Waals surface area contributed by atoms with Crippen molar-refractivity contribution >= 4 is 5.91 Å². The molecule has 1 fully saturated rings. The van der Waals surface area contributed by atoms with Gasteiger partial charge in [0.2, 0.25) is 5.91 Å². The largest absolute Gasteiger partial charge is 0.354 e. The first-order chi connectivity index (χ1) is 8.20. The third-order valence-corrected chi connectivity index (χ3v) is 2.76. The highest BCUT2D eigenvalue weighted by molar-refractivity contribution is 5.78. The first kappa shape index (κ1) is 11.6. The van der Waals surface area contributed by atoms with Gasteiger partial charge >= 0.3 is 0 Å². The standard InChI is InChI=1S/C12H12FN3O/c13-12-8(5-14)2-1-3-9(12)6-15-10-4-11(17)16-7-10/h1-3,10,15H,4,6-7H2,(H,16,17). The van der Waals surface area contributed by atoms with Crippen molar-refractivity contribution < 1.29 is 9.18 Å². The number of rotatable bonds is 3. The van der Waals surface area contributed by atoms with E-state index in [9.17, 15) is 9.18 Å². The highest BCUT2D eigenvalue weighted by atomic mass is 19.1. The fourth-order valence-electron chi connectivity index (χ4n) is 1.81. The second-order valence-corrected chi connectivity index (χ2v) is 3.98. The topological polar surface area (TPSA) is 64.9 Å². The van der Waals surface area contributed by atoms with Gasteiger partial charge in [-0.3, -0.25) is 4.79 Å². The van der Waals surface area contributed by atoms with E-state index in [1.165, 1.54) is 6.07 Å². The SMILES string of the molecule is N#Cc1cccc(CNC2CNC(=O)C2)c1F. The number of nitriles is 1. The van der Waals surface area contributed by atoms with E-state index in [0.29, 0.717) is 25.1 Å². The minimum absolute atomic E-state index is 0.00810. The number of hydrogen-bond acceptors (Lipinski definition) is 3. The lowest BCUT2D eigenvalue weighted by molar-refractivity contribution is -0.119. The lowest BCUT2D eigenvalue weighted by Gasteiger charge is -2.11. The number of hydrogen-bond donors (Lipinski definition) is 2. The van der Waals surface area contributed by atoms with Crippen LogP contribution in [0.2, 0.25) is 0 Å². The molecule has 88 valence electrons. The van der Waals surface area contributed by atoms with Crippen LogP contribution in [0.1, 0.15) is 17.5 Å². The van der Waals surface area contributed by atoms with Gasteiger partial charge in [0.1, 0.15) is 11.9 Å². The summed E-state index contributed by atoms with van der Waals surface area (Å²) in [5.41, 5.74) is 0.494. The van der Waals surface area contributed by atoms with E-state index in [2.05, 4.69) is 10.6 Å². The van der Waals surface area contributed by atoms with Gasteiger partial charge < -0.3 is 10.6 Å². The number of nitrogens with zero attached hydrogens (tertiary/aromatic N) is 1. The Morgan fingerprint density at radius 2 is 2.41 bits per heavy atom. The Balaban J connectivity index is 2.00. The first-order valence-electron chi connectivity index (χ1n) is 5.38. The van der Waals surface area contributed by atoms with E-state index >= 15 is 0 Å². The summed E-state index contributed by atoms with van der Waals surface area (Å²) in [6.45, 7) is 0.888. The molecule has 0 bridgehead atoms. The van der Waals surface area contributed by atoms with Crippen LogP contribution in [0.25, 0.3) is 0 Å². The van der Waals surface area contributed by atoms with Crippen LogP contribution < -0.4 is 10.6 Å². The zero-order valence-electron chi connectivity index (χ0n) is 9.16. The number of nitrogens with one attached hydrogen (secondary N) is 2. The average Bonchev–Trinajstić information content (AvgIpc) is 2.74. The highest BCUT2D eigenvalue weighted by Crippen LogP contribution is 2.12. The molecule has 1 aliphatic heterocycles. The number of amides is 1. The van der Waals surface area contributed by atoms with Gasteiger partial charge in [0.05, 0.1) is 5.56 Å². The summed E-state index contributed by atoms with van der Waals surface area (Å²) in [7, 11) is 0. The molecule has 1 aromatic carbocycles. The maximum atomic E-state index is 13.7. The summed E-state index contributed by atoms with van der Waals surface area (Å²) in [6, 6.07) is 6.56. The summed E-state index contributed by atoms with van der Waals surface area (Å²) >= 11 is 0. The van der Waals surface area contributed by atoms with Gasteiger partial charge in [-0.25, -0.2) is 4.39 Å². The lowest BCUT2D eigenvalue weighted by atomic mass is 10.1.